The second-order valence-electron chi connectivity index (χ2n) is 8.03. The fraction of sp³-hybridized carbons (Fsp3) is 0.650. The summed E-state index contributed by atoms with van der Waals surface area (Å²) in [6, 6.07) is 6.09. The molecule has 3 fully saturated rings. The van der Waals surface area contributed by atoms with E-state index in [4.69, 9.17) is 0 Å². The minimum Gasteiger partial charge on any atom is -0.388 e. The second-order valence-corrected chi connectivity index (χ2v) is 8.03. The molecule has 2 N–H and O–H groups in total. The van der Waals surface area contributed by atoms with Crippen LogP contribution >= 0.6 is 12.4 Å². The van der Waals surface area contributed by atoms with Crippen LogP contribution in [0.1, 0.15) is 43.8 Å². The lowest BCUT2D eigenvalue weighted by Gasteiger charge is -2.35. The minimum atomic E-state index is -0.575. The van der Waals surface area contributed by atoms with Crippen LogP contribution in [0.2, 0.25) is 0 Å². The van der Waals surface area contributed by atoms with Crippen molar-refractivity contribution in [1.82, 2.24) is 10.2 Å². The summed E-state index contributed by atoms with van der Waals surface area (Å²) in [7, 11) is 0. The van der Waals surface area contributed by atoms with Crippen LogP contribution in [0.5, 0.6) is 0 Å². The number of carbonyl (C=O) groups is 1. The Hall–Kier alpha value is -1.17. The van der Waals surface area contributed by atoms with E-state index >= 15 is 0 Å². The Morgan fingerprint density at radius 2 is 1.81 bits per heavy atom. The first-order valence-electron chi connectivity index (χ1n) is 9.52. The Morgan fingerprint density at radius 3 is 2.42 bits per heavy atom. The molecule has 1 aliphatic carbocycles. The van der Waals surface area contributed by atoms with Crippen LogP contribution in [0.4, 0.5) is 4.39 Å². The van der Waals surface area contributed by atoms with E-state index in [1.807, 2.05) is 4.90 Å². The molecule has 1 aromatic rings. The Kier molecular flexibility index (Phi) is 5.90. The lowest BCUT2D eigenvalue weighted by molar-refractivity contribution is -0.135. The van der Waals surface area contributed by atoms with Gasteiger partial charge >= 0.3 is 0 Å². The highest BCUT2D eigenvalue weighted by molar-refractivity contribution is 5.85. The molecule has 2 atom stereocenters. The maximum absolute atomic E-state index is 13.0. The Labute approximate surface area is 160 Å². The van der Waals surface area contributed by atoms with E-state index in [1.165, 1.54) is 12.1 Å². The summed E-state index contributed by atoms with van der Waals surface area (Å²) in [6.07, 6.45) is 4.37. The quantitative estimate of drug-likeness (QED) is 0.845. The minimum absolute atomic E-state index is 0. The van der Waals surface area contributed by atoms with Crippen LogP contribution in [0.25, 0.3) is 0 Å². The number of piperidine rings is 2. The summed E-state index contributed by atoms with van der Waals surface area (Å²) in [6.45, 7) is 3.53. The number of benzene rings is 1. The van der Waals surface area contributed by atoms with Gasteiger partial charge in [0.1, 0.15) is 5.82 Å². The zero-order chi connectivity index (χ0) is 17.4. The van der Waals surface area contributed by atoms with Gasteiger partial charge in [-0.2, -0.15) is 0 Å². The van der Waals surface area contributed by atoms with Gasteiger partial charge in [-0.3, -0.25) is 4.79 Å². The number of aliphatic hydroxyl groups excluding tert-OH is 1. The molecule has 6 heteroatoms. The van der Waals surface area contributed by atoms with E-state index in [2.05, 4.69) is 5.32 Å². The third kappa shape index (κ3) is 3.75. The van der Waals surface area contributed by atoms with Gasteiger partial charge in [-0.05, 0) is 74.2 Å². The molecule has 2 unspecified atom stereocenters. The van der Waals surface area contributed by atoms with Crippen molar-refractivity contribution in [3.63, 3.8) is 0 Å². The topological polar surface area (TPSA) is 52.6 Å². The molecular formula is C20H28ClFN2O2. The molecule has 0 aromatic heterocycles. The number of amides is 1. The highest BCUT2D eigenvalue weighted by atomic mass is 35.5. The van der Waals surface area contributed by atoms with Crippen LogP contribution in [-0.4, -0.2) is 42.1 Å². The molecule has 2 saturated heterocycles. The van der Waals surface area contributed by atoms with Crippen LogP contribution in [0.15, 0.2) is 24.3 Å². The molecular weight excluding hydrogens is 355 g/mol. The van der Waals surface area contributed by atoms with E-state index in [1.54, 1.807) is 12.1 Å². The summed E-state index contributed by atoms with van der Waals surface area (Å²) in [5, 5.41) is 13.9. The molecule has 0 radical (unpaired) electrons. The number of aliphatic hydroxyl groups is 1. The number of hydrogen-bond acceptors (Lipinski definition) is 3. The summed E-state index contributed by atoms with van der Waals surface area (Å²) < 4.78 is 13.0. The molecule has 1 aromatic carbocycles. The van der Waals surface area contributed by atoms with Crippen molar-refractivity contribution in [2.75, 3.05) is 26.2 Å². The summed E-state index contributed by atoms with van der Waals surface area (Å²) in [4.78, 5) is 14.8. The lowest BCUT2D eigenvalue weighted by Crippen LogP contribution is -2.42. The van der Waals surface area contributed by atoms with Gasteiger partial charge in [-0.25, -0.2) is 4.39 Å². The summed E-state index contributed by atoms with van der Waals surface area (Å²) in [5.74, 6) is 0.416. The molecule has 2 heterocycles. The SMILES string of the molecule is Cl.O=C(C1CC12CCNCC2)N1CCC(C(O)c2ccc(F)cc2)CC1. The maximum Gasteiger partial charge on any atom is 0.226 e. The van der Waals surface area contributed by atoms with E-state index in [9.17, 15) is 14.3 Å². The molecule has 1 amide bonds. The fourth-order valence-electron chi connectivity index (χ4n) is 4.76. The Morgan fingerprint density at radius 1 is 1.19 bits per heavy atom. The Balaban J connectivity index is 0.00000196. The predicted molar refractivity (Wildman–Crippen MR) is 101 cm³/mol. The molecule has 26 heavy (non-hydrogen) atoms. The third-order valence-electron chi connectivity index (χ3n) is 6.60. The van der Waals surface area contributed by atoms with Crippen LogP contribution < -0.4 is 5.32 Å². The normalized spacial score (nSPS) is 26.2. The maximum atomic E-state index is 13.0. The van der Waals surface area contributed by atoms with Gasteiger partial charge < -0.3 is 15.3 Å². The van der Waals surface area contributed by atoms with Gasteiger partial charge in [-0.1, -0.05) is 12.1 Å². The predicted octanol–water partition coefficient (Wildman–Crippen LogP) is 2.91. The van der Waals surface area contributed by atoms with Crippen molar-refractivity contribution in [2.24, 2.45) is 17.3 Å². The molecule has 4 nitrogen and oxygen atoms in total. The van der Waals surface area contributed by atoms with Gasteiger partial charge in [0.2, 0.25) is 5.91 Å². The molecule has 1 saturated carbocycles. The van der Waals surface area contributed by atoms with Crippen LogP contribution in [0, 0.1) is 23.1 Å². The van der Waals surface area contributed by atoms with Crippen molar-refractivity contribution < 1.29 is 14.3 Å². The van der Waals surface area contributed by atoms with E-state index in [-0.39, 0.29) is 35.5 Å². The Bertz CT molecular complexity index is 625. The third-order valence-corrected chi connectivity index (χ3v) is 6.60. The lowest BCUT2D eigenvalue weighted by atomic mass is 9.87. The number of halogens is 2. The molecule has 2 aliphatic heterocycles. The fourth-order valence-corrected chi connectivity index (χ4v) is 4.76. The van der Waals surface area contributed by atoms with Crippen LogP contribution in [-0.2, 0) is 4.79 Å². The van der Waals surface area contributed by atoms with Gasteiger partial charge in [0, 0.05) is 19.0 Å². The molecule has 144 valence electrons. The highest BCUT2D eigenvalue weighted by Gasteiger charge is 2.58. The zero-order valence-corrected chi connectivity index (χ0v) is 15.8. The van der Waals surface area contributed by atoms with E-state index < -0.39 is 6.10 Å². The number of rotatable bonds is 3. The smallest absolute Gasteiger partial charge is 0.226 e. The molecule has 4 rings (SSSR count). The second kappa shape index (κ2) is 7.83. The van der Waals surface area contributed by atoms with Crippen molar-refractivity contribution in [2.45, 2.75) is 38.2 Å². The van der Waals surface area contributed by atoms with E-state index in [0.717, 1.165) is 63.8 Å². The van der Waals surface area contributed by atoms with Gasteiger partial charge in [0.25, 0.3) is 0 Å². The number of nitrogens with zero attached hydrogens (tertiary/aromatic N) is 1. The van der Waals surface area contributed by atoms with Crippen molar-refractivity contribution in [1.29, 1.82) is 0 Å². The van der Waals surface area contributed by atoms with Crippen LogP contribution in [0.3, 0.4) is 0 Å². The monoisotopic (exact) mass is 382 g/mol. The number of hydrogen-bond donors (Lipinski definition) is 2. The first-order chi connectivity index (χ1) is 12.1. The number of likely N-dealkylation sites (tertiary alicyclic amines) is 1. The van der Waals surface area contributed by atoms with Gasteiger partial charge in [0.05, 0.1) is 6.10 Å². The van der Waals surface area contributed by atoms with Gasteiger partial charge in [-0.15, -0.1) is 12.4 Å². The average Bonchev–Trinajstić information content (AvgIpc) is 3.34. The number of nitrogens with one attached hydrogen (secondary N) is 1. The highest BCUT2D eigenvalue weighted by Crippen LogP contribution is 2.59. The standard InChI is InChI=1S/C20H27FN2O2.ClH/c21-16-3-1-14(2-4-16)18(24)15-5-11-23(12-6-15)19(25)17-13-20(17)7-9-22-10-8-20;/h1-4,15,17-18,22,24H,5-13H2;1H. The van der Waals surface area contributed by atoms with Gasteiger partial charge in [0.15, 0.2) is 0 Å². The summed E-state index contributed by atoms with van der Waals surface area (Å²) >= 11 is 0. The molecule has 0 bridgehead atoms. The first kappa shape index (κ1) is 19.6. The number of carbonyl (C=O) groups excluding carboxylic acids is 1. The largest absolute Gasteiger partial charge is 0.388 e. The first-order valence-corrected chi connectivity index (χ1v) is 9.52. The van der Waals surface area contributed by atoms with Crippen molar-refractivity contribution >= 4 is 18.3 Å². The molecule has 3 aliphatic rings. The summed E-state index contributed by atoms with van der Waals surface area (Å²) in [5.41, 5.74) is 1.05. The van der Waals surface area contributed by atoms with E-state index in [0.29, 0.717) is 5.91 Å². The molecule has 1 spiro atoms. The van der Waals surface area contributed by atoms with Crippen molar-refractivity contribution in [3.8, 4) is 0 Å². The van der Waals surface area contributed by atoms with Crippen molar-refractivity contribution in [3.05, 3.63) is 35.6 Å². The average molecular weight is 383 g/mol. The zero-order valence-electron chi connectivity index (χ0n) is 15.0.